The van der Waals surface area contributed by atoms with Gasteiger partial charge in [0.25, 0.3) is 0 Å². The van der Waals surface area contributed by atoms with Crippen LogP contribution in [0.2, 0.25) is 0 Å². The quantitative estimate of drug-likeness (QED) is 0.808. The van der Waals surface area contributed by atoms with Crippen LogP contribution in [0.15, 0.2) is 24.5 Å². The minimum atomic E-state index is -0.923. The van der Waals surface area contributed by atoms with E-state index in [2.05, 4.69) is 15.0 Å². The number of aliphatic hydroxyl groups is 1. The number of ether oxygens (including phenoxy) is 1. The number of nitrogens with zero attached hydrogens (tertiary/aromatic N) is 3. The van der Waals surface area contributed by atoms with Gasteiger partial charge in [0.05, 0.1) is 17.9 Å². The Kier molecular flexibility index (Phi) is 4.01. The lowest BCUT2D eigenvalue weighted by molar-refractivity contribution is 0.0268. The van der Waals surface area contributed by atoms with Crippen LogP contribution in [-0.4, -0.2) is 32.3 Å². The molecule has 0 aliphatic carbocycles. The lowest BCUT2D eigenvalue weighted by Crippen LogP contribution is -2.28. The van der Waals surface area contributed by atoms with Crippen molar-refractivity contribution in [2.24, 2.45) is 0 Å². The topological polar surface area (TPSA) is 94.8 Å². The molecular formula is C14H16N4O2. The number of hydrogen-bond acceptors (Lipinski definition) is 5. The second-order valence-corrected chi connectivity index (χ2v) is 5.06. The first kappa shape index (κ1) is 14.0. The van der Waals surface area contributed by atoms with Gasteiger partial charge in [-0.1, -0.05) is 6.08 Å². The van der Waals surface area contributed by atoms with E-state index in [0.717, 1.165) is 5.56 Å². The molecule has 2 rings (SSSR count). The molecule has 0 spiro atoms. The van der Waals surface area contributed by atoms with Crippen molar-refractivity contribution >= 4 is 11.2 Å². The van der Waals surface area contributed by atoms with Crippen molar-refractivity contribution in [1.29, 1.82) is 5.26 Å². The smallest absolute Gasteiger partial charge is 0.233 e. The molecule has 0 fully saturated rings. The summed E-state index contributed by atoms with van der Waals surface area (Å²) in [5, 5.41) is 18.1. The first-order chi connectivity index (χ1) is 9.49. The van der Waals surface area contributed by atoms with Gasteiger partial charge in [-0.25, -0.2) is 9.97 Å². The molecule has 6 nitrogen and oxygen atoms in total. The van der Waals surface area contributed by atoms with Crippen molar-refractivity contribution in [1.82, 2.24) is 15.0 Å². The molecule has 20 heavy (non-hydrogen) atoms. The fraction of sp³-hybridized carbons (Fsp3) is 0.357. The van der Waals surface area contributed by atoms with E-state index in [0.29, 0.717) is 23.5 Å². The molecule has 0 aliphatic heterocycles. The van der Waals surface area contributed by atoms with Crippen LogP contribution in [0.25, 0.3) is 11.2 Å². The van der Waals surface area contributed by atoms with Crippen LogP contribution in [0.3, 0.4) is 0 Å². The van der Waals surface area contributed by atoms with E-state index < -0.39 is 5.60 Å². The number of nitrogens with one attached hydrogen (secondary N) is 1. The van der Waals surface area contributed by atoms with Gasteiger partial charge in [0.1, 0.15) is 12.1 Å². The Hall–Kier alpha value is -2.39. The molecule has 2 heterocycles. The predicted molar refractivity (Wildman–Crippen MR) is 74.1 cm³/mol. The summed E-state index contributed by atoms with van der Waals surface area (Å²) in [6, 6.07) is 1.95. The average Bonchev–Trinajstić information content (AvgIpc) is 2.79. The van der Waals surface area contributed by atoms with Gasteiger partial charge in [0.15, 0.2) is 5.65 Å². The van der Waals surface area contributed by atoms with Crippen LogP contribution < -0.4 is 4.74 Å². The highest BCUT2D eigenvalue weighted by molar-refractivity contribution is 5.75. The van der Waals surface area contributed by atoms with Crippen LogP contribution in [0.5, 0.6) is 5.88 Å². The number of aromatic amines is 1. The van der Waals surface area contributed by atoms with Gasteiger partial charge in [-0.2, -0.15) is 5.26 Å². The molecule has 0 aliphatic rings. The fourth-order valence-electron chi connectivity index (χ4n) is 1.64. The molecule has 2 N–H and O–H groups in total. The zero-order valence-corrected chi connectivity index (χ0v) is 11.4. The summed E-state index contributed by atoms with van der Waals surface area (Å²) in [6.45, 7) is 3.46. The van der Waals surface area contributed by atoms with Crippen molar-refractivity contribution in [3.63, 3.8) is 0 Å². The van der Waals surface area contributed by atoms with Gasteiger partial charge >= 0.3 is 0 Å². The zero-order chi connectivity index (χ0) is 14.6. The molecule has 0 atom stereocenters. The summed E-state index contributed by atoms with van der Waals surface area (Å²) in [5.74, 6) is 0.365. The van der Waals surface area contributed by atoms with Crippen LogP contribution in [0, 0.1) is 11.3 Å². The van der Waals surface area contributed by atoms with Crippen LogP contribution in [0.1, 0.15) is 19.4 Å². The number of hydrogen-bond donors (Lipinski definition) is 2. The van der Waals surface area contributed by atoms with Crippen molar-refractivity contribution in [3.05, 3.63) is 30.1 Å². The van der Waals surface area contributed by atoms with E-state index in [9.17, 15) is 5.11 Å². The van der Waals surface area contributed by atoms with E-state index in [-0.39, 0.29) is 6.61 Å². The average molecular weight is 272 g/mol. The predicted octanol–water partition coefficient (Wildman–Crippen LogP) is 1.73. The Balaban J connectivity index is 2.21. The van der Waals surface area contributed by atoms with Crippen LogP contribution >= 0.6 is 0 Å². The summed E-state index contributed by atoms with van der Waals surface area (Å²) >= 11 is 0. The van der Waals surface area contributed by atoms with Crippen molar-refractivity contribution in [2.45, 2.75) is 25.9 Å². The molecule has 0 amide bonds. The second kappa shape index (κ2) is 5.72. The Labute approximate surface area is 116 Å². The van der Waals surface area contributed by atoms with E-state index >= 15 is 0 Å². The minimum Gasteiger partial charge on any atom is -0.474 e. The van der Waals surface area contributed by atoms with Gasteiger partial charge in [-0.3, -0.25) is 0 Å². The third kappa shape index (κ3) is 3.56. The van der Waals surface area contributed by atoms with Gasteiger partial charge in [0.2, 0.25) is 5.88 Å². The zero-order valence-electron chi connectivity index (χ0n) is 11.4. The molecule has 0 radical (unpaired) electrons. The first-order valence-corrected chi connectivity index (χ1v) is 6.22. The molecular weight excluding hydrogens is 256 g/mol. The summed E-state index contributed by atoms with van der Waals surface area (Å²) in [4.78, 5) is 11.6. The fourth-order valence-corrected chi connectivity index (χ4v) is 1.64. The van der Waals surface area contributed by atoms with Gasteiger partial charge < -0.3 is 14.8 Å². The first-order valence-electron chi connectivity index (χ1n) is 6.22. The van der Waals surface area contributed by atoms with E-state index in [4.69, 9.17) is 10.00 Å². The number of fused-ring (bicyclic) bond motifs is 1. The summed E-state index contributed by atoms with van der Waals surface area (Å²) in [6.07, 6.45) is 7.11. The van der Waals surface area contributed by atoms with Gasteiger partial charge in [-0.05, 0) is 20.3 Å². The third-order valence-electron chi connectivity index (χ3n) is 2.54. The largest absolute Gasteiger partial charge is 0.474 e. The highest BCUT2D eigenvalue weighted by Crippen LogP contribution is 2.18. The molecule has 2 aromatic rings. The Morgan fingerprint density at radius 2 is 2.35 bits per heavy atom. The van der Waals surface area contributed by atoms with E-state index in [1.54, 1.807) is 19.9 Å². The monoisotopic (exact) mass is 272 g/mol. The Morgan fingerprint density at radius 3 is 3.05 bits per heavy atom. The standard InChI is InChI=1S/C14H16N4O2/c1-14(2,19)9-20-11-8-17-13-12(18-11)10(7-16-13)5-3-4-6-15/h3-4,7-8,19H,5,9H2,1-2H3,(H,16,17). The maximum absolute atomic E-state index is 9.63. The van der Waals surface area contributed by atoms with E-state index in [1.807, 2.05) is 12.3 Å². The Morgan fingerprint density at radius 1 is 1.55 bits per heavy atom. The van der Waals surface area contributed by atoms with Crippen molar-refractivity contribution in [2.75, 3.05) is 6.61 Å². The van der Waals surface area contributed by atoms with Crippen molar-refractivity contribution < 1.29 is 9.84 Å². The molecule has 0 aromatic carbocycles. The summed E-state index contributed by atoms with van der Waals surface area (Å²) in [5.41, 5.74) is 1.39. The van der Waals surface area contributed by atoms with E-state index in [1.165, 1.54) is 12.3 Å². The van der Waals surface area contributed by atoms with Gasteiger partial charge in [-0.15, -0.1) is 0 Å². The summed E-state index contributed by atoms with van der Waals surface area (Å²) < 4.78 is 5.42. The molecule has 0 saturated heterocycles. The maximum Gasteiger partial charge on any atom is 0.233 e. The number of aromatic nitrogens is 3. The molecule has 0 unspecified atom stereocenters. The number of H-pyrrole nitrogens is 1. The molecule has 0 bridgehead atoms. The number of rotatable bonds is 5. The lowest BCUT2D eigenvalue weighted by Gasteiger charge is -2.16. The molecule has 2 aromatic heterocycles. The second-order valence-electron chi connectivity index (χ2n) is 5.06. The van der Waals surface area contributed by atoms with Gasteiger partial charge in [0, 0.05) is 17.8 Å². The van der Waals surface area contributed by atoms with Crippen LogP contribution in [-0.2, 0) is 6.42 Å². The molecule has 104 valence electrons. The van der Waals surface area contributed by atoms with Crippen LogP contribution in [0.4, 0.5) is 0 Å². The summed E-state index contributed by atoms with van der Waals surface area (Å²) in [7, 11) is 0. The highest BCUT2D eigenvalue weighted by atomic mass is 16.5. The third-order valence-corrected chi connectivity index (χ3v) is 2.54. The molecule has 6 heteroatoms. The SMILES string of the molecule is CC(C)(O)COc1cnc2[nH]cc(CC=CC#N)c2n1. The normalized spacial score (nSPS) is 11.9. The highest BCUT2D eigenvalue weighted by Gasteiger charge is 2.14. The lowest BCUT2D eigenvalue weighted by atomic mass is 10.2. The minimum absolute atomic E-state index is 0.140. The van der Waals surface area contributed by atoms with Crippen molar-refractivity contribution in [3.8, 4) is 11.9 Å². The molecule has 0 saturated carbocycles. The Bertz CT molecular complexity index is 662. The maximum atomic E-state index is 9.63. The number of nitriles is 1. The number of allylic oxidation sites excluding steroid dienone is 2.